The van der Waals surface area contributed by atoms with E-state index in [4.69, 9.17) is 4.74 Å². The van der Waals surface area contributed by atoms with Gasteiger partial charge in [0, 0.05) is 6.07 Å². The Hall–Kier alpha value is -2.82. The van der Waals surface area contributed by atoms with E-state index < -0.39 is 0 Å². The van der Waals surface area contributed by atoms with Crippen LogP contribution in [0, 0.1) is 0 Å². The van der Waals surface area contributed by atoms with Gasteiger partial charge in [-0.2, -0.15) is 0 Å². The SMILES string of the molecule is CC(C)c1ccc(OCc2cn(-c3cccc(O)c3)nn2)cc1. The molecule has 0 bridgehead atoms. The van der Waals surface area contributed by atoms with Crippen molar-refractivity contribution in [2.24, 2.45) is 0 Å². The lowest BCUT2D eigenvalue weighted by Crippen LogP contribution is -1.96. The second-order valence-electron chi connectivity index (χ2n) is 5.69. The quantitative estimate of drug-likeness (QED) is 0.781. The van der Waals surface area contributed by atoms with Crippen LogP contribution in [-0.2, 0) is 6.61 Å². The summed E-state index contributed by atoms with van der Waals surface area (Å²) in [5, 5.41) is 17.7. The lowest BCUT2D eigenvalue weighted by molar-refractivity contribution is 0.301. The second-order valence-corrected chi connectivity index (χ2v) is 5.69. The Labute approximate surface area is 135 Å². The number of hydrogen-bond acceptors (Lipinski definition) is 4. The Balaban J connectivity index is 1.65. The third kappa shape index (κ3) is 3.69. The van der Waals surface area contributed by atoms with Crippen LogP contribution in [0.5, 0.6) is 11.5 Å². The summed E-state index contributed by atoms with van der Waals surface area (Å²) in [7, 11) is 0. The number of aromatic nitrogens is 3. The molecule has 0 aliphatic rings. The number of benzene rings is 2. The molecule has 2 aromatic carbocycles. The molecule has 3 aromatic rings. The van der Waals surface area contributed by atoms with Gasteiger partial charge in [-0.25, -0.2) is 4.68 Å². The molecule has 5 nitrogen and oxygen atoms in total. The molecular weight excluding hydrogens is 290 g/mol. The molecule has 0 amide bonds. The van der Waals surface area contributed by atoms with Crippen LogP contribution in [0.2, 0.25) is 0 Å². The summed E-state index contributed by atoms with van der Waals surface area (Å²) in [6.07, 6.45) is 1.79. The first-order chi connectivity index (χ1) is 11.1. The minimum atomic E-state index is 0.195. The zero-order chi connectivity index (χ0) is 16.2. The van der Waals surface area contributed by atoms with Crippen LogP contribution in [0.25, 0.3) is 5.69 Å². The van der Waals surface area contributed by atoms with Gasteiger partial charge in [-0.3, -0.25) is 0 Å². The summed E-state index contributed by atoms with van der Waals surface area (Å²) in [5.74, 6) is 1.51. The van der Waals surface area contributed by atoms with Gasteiger partial charge < -0.3 is 9.84 Å². The van der Waals surface area contributed by atoms with Crippen molar-refractivity contribution in [2.75, 3.05) is 0 Å². The molecule has 0 atom stereocenters. The van der Waals surface area contributed by atoms with Crippen molar-refractivity contribution in [3.63, 3.8) is 0 Å². The summed E-state index contributed by atoms with van der Waals surface area (Å²) >= 11 is 0. The van der Waals surface area contributed by atoms with E-state index in [2.05, 4.69) is 36.3 Å². The molecule has 5 heteroatoms. The number of nitrogens with zero attached hydrogens (tertiary/aromatic N) is 3. The Bertz CT molecular complexity index is 779. The first kappa shape index (κ1) is 15.1. The summed E-state index contributed by atoms with van der Waals surface area (Å²) < 4.78 is 7.35. The van der Waals surface area contributed by atoms with E-state index in [1.54, 1.807) is 29.1 Å². The average Bonchev–Trinajstić information content (AvgIpc) is 3.02. The molecule has 0 aliphatic carbocycles. The standard InChI is InChI=1S/C18H19N3O2/c1-13(2)14-6-8-18(9-7-14)23-12-15-11-21(20-19-15)16-4-3-5-17(22)10-16/h3-11,13,22H,12H2,1-2H3. The van der Waals surface area contributed by atoms with Crippen LogP contribution in [0.1, 0.15) is 31.0 Å². The van der Waals surface area contributed by atoms with Crippen LogP contribution >= 0.6 is 0 Å². The van der Waals surface area contributed by atoms with Crippen molar-refractivity contribution in [2.45, 2.75) is 26.4 Å². The van der Waals surface area contributed by atoms with E-state index >= 15 is 0 Å². The van der Waals surface area contributed by atoms with Crippen molar-refractivity contribution in [1.82, 2.24) is 15.0 Å². The lowest BCUT2D eigenvalue weighted by Gasteiger charge is -2.07. The van der Waals surface area contributed by atoms with Gasteiger partial charge in [-0.15, -0.1) is 5.10 Å². The van der Waals surface area contributed by atoms with Crippen molar-refractivity contribution in [3.8, 4) is 17.2 Å². The van der Waals surface area contributed by atoms with Gasteiger partial charge in [0.05, 0.1) is 11.9 Å². The molecule has 23 heavy (non-hydrogen) atoms. The molecule has 1 heterocycles. The molecule has 0 aliphatic heterocycles. The zero-order valence-corrected chi connectivity index (χ0v) is 13.2. The van der Waals surface area contributed by atoms with Crippen LogP contribution in [0.15, 0.2) is 54.7 Å². The number of ether oxygens (including phenoxy) is 1. The highest BCUT2D eigenvalue weighted by Crippen LogP contribution is 2.19. The van der Waals surface area contributed by atoms with Gasteiger partial charge in [-0.05, 0) is 35.7 Å². The molecule has 0 fully saturated rings. The van der Waals surface area contributed by atoms with Crippen molar-refractivity contribution >= 4 is 0 Å². The molecule has 1 aromatic heterocycles. The first-order valence-corrected chi connectivity index (χ1v) is 7.55. The topological polar surface area (TPSA) is 60.2 Å². The minimum absolute atomic E-state index is 0.195. The minimum Gasteiger partial charge on any atom is -0.508 e. The fourth-order valence-electron chi connectivity index (χ4n) is 2.23. The average molecular weight is 309 g/mol. The zero-order valence-electron chi connectivity index (χ0n) is 13.2. The van der Waals surface area contributed by atoms with E-state index in [0.29, 0.717) is 12.5 Å². The third-order valence-corrected chi connectivity index (χ3v) is 3.57. The molecule has 118 valence electrons. The maximum atomic E-state index is 9.51. The highest BCUT2D eigenvalue weighted by atomic mass is 16.5. The van der Waals surface area contributed by atoms with Crippen LogP contribution in [0.3, 0.4) is 0 Å². The fourth-order valence-corrected chi connectivity index (χ4v) is 2.23. The largest absolute Gasteiger partial charge is 0.508 e. The summed E-state index contributed by atoms with van der Waals surface area (Å²) in [6.45, 7) is 4.67. The lowest BCUT2D eigenvalue weighted by atomic mass is 10.0. The molecule has 0 saturated carbocycles. The predicted octanol–water partition coefficient (Wildman–Crippen LogP) is 3.68. The number of phenols is 1. The summed E-state index contributed by atoms with van der Waals surface area (Å²) in [5.41, 5.74) is 2.76. The smallest absolute Gasteiger partial charge is 0.134 e. The predicted molar refractivity (Wildman–Crippen MR) is 87.9 cm³/mol. The molecule has 0 saturated heterocycles. The number of aromatic hydroxyl groups is 1. The normalized spacial score (nSPS) is 10.9. The summed E-state index contributed by atoms with van der Waals surface area (Å²) in [6, 6.07) is 14.9. The molecule has 0 unspecified atom stereocenters. The third-order valence-electron chi connectivity index (χ3n) is 3.57. The van der Waals surface area contributed by atoms with E-state index in [0.717, 1.165) is 17.1 Å². The molecule has 1 N–H and O–H groups in total. The second kappa shape index (κ2) is 6.52. The Morgan fingerprint density at radius 1 is 1.13 bits per heavy atom. The van der Waals surface area contributed by atoms with E-state index in [9.17, 15) is 5.11 Å². The Kier molecular flexibility index (Phi) is 4.28. The van der Waals surface area contributed by atoms with Gasteiger partial charge in [0.25, 0.3) is 0 Å². The van der Waals surface area contributed by atoms with Gasteiger partial charge in [0.2, 0.25) is 0 Å². The molecule has 0 spiro atoms. The maximum Gasteiger partial charge on any atom is 0.134 e. The van der Waals surface area contributed by atoms with Gasteiger partial charge in [0.15, 0.2) is 0 Å². The first-order valence-electron chi connectivity index (χ1n) is 7.55. The number of rotatable bonds is 5. The number of hydrogen-bond donors (Lipinski definition) is 1. The maximum absolute atomic E-state index is 9.51. The van der Waals surface area contributed by atoms with E-state index in [-0.39, 0.29) is 5.75 Å². The Morgan fingerprint density at radius 3 is 2.61 bits per heavy atom. The fraction of sp³-hybridized carbons (Fsp3) is 0.222. The van der Waals surface area contributed by atoms with Crippen molar-refractivity contribution in [3.05, 3.63) is 66.0 Å². The highest BCUT2D eigenvalue weighted by Gasteiger charge is 2.05. The van der Waals surface area contributed by atoms with Crippen LogP contribution in [0.4, 0.5) is 0 Å². The number of phenolic OH excluding ortho intramolecular Hbond substituents is 1. The van der Waals surface area contributed by atoms with E-state index in [1.807, 2.05) is 18.2 Å². The van der Waals surface area contributed by atoms with E-state index in [1.165, 1.54) is 5.56 Å². The highest BCUT2D eigenvalue weighted by molar-refractivity contribution is 5.37. The van der Waals surface area contributed by atoms with Crippen molar-refractivity contribution < 1.29 is 9.84 Å². The van der Waals surface area contributed by atoms with Crippen molar-refractivity contribution in [1.29, 1.82) is 0 Å². The van der Waals surface area contributed by atoms with Crippen LogP contribution < -0.4 is 4.74 Å². The van der Waals surface area contributed by atoms with Gasteiger partial charge in [0.1, 0.15) is 23.8 Å². The monoisotopic (exact) mass is 309 g/mol. The molecular formula is C18H19N3O2. The Morgan fingerprint density at radius 2 is 1.91 bits per heavy atom. The van der Waals surface area contributed by atoms with Gasteiger partial charge in [-0.1, -0.05) is 37.3 Å². The molecule has 0 radical (unpaired) electrons. The van der Waals surface area contributed by atoms with Gasteiger partial charge >= 0.3 is 0 Å². The van der Waals surface area contributed by atoms with Crippen LogP contribution in [-0.4, -0.2) is 20.1 Å². The summed E-state index contributed by atoms with van der Waals surface area (Å²) in [4.78, 5) is 0. The molecule has 3 rings (SSSR count).